The van der Waals surface area contributed by atoms with Gasteiger partial charge in [0.25, 0.3) is 10.0 Å². The van der Waals surface area contributed by atoms with Crippen LogP contribution in [0.4, 0.5) is 18.9 Å². The van der Waals surface area contributed by atoms with Crippen LogP contribution < -0.4 is 14.4 Å². The van der Waals surface area contributed by atoms with Gasteiger partial charge in [-0.25, -0.2) is 8.42 Å². The van der Waals surface area contributed by atoms with Crippen LogP contribution in [0.3, 0.4) is 0 Å². The number of carbonyl (C=O) groups excluding carboxylic acids is 2. The maximum atomic E-state index is 14.2. The monoisotopic (exact) mass is 667 g/mol. The number of amides is 2. The molecule has 0 saturated heterocycles. The zero-order valence-electron chi connectivity index (χ0n) is 25.7. The molecule has 0 aromatic heterocycles. The van der Waals surface area contributed by atoms with Crippen molar-refractivity contribution in [1.82, 2.24) is 10.2 Å². The third kappa shape index (κ3) is 8.91. The van der Waals surface area contributed by atoms with E-state index in [1.807, 2.05) is 13.8 Å². The number of anilines is 1. The van der Waals surface area contributed by atoms with Crippen LogP contribution in [0.1, 0.15) is 50.3 Å². The minimum atomic E-state index is -4.89. The largest absolute Gasteiger partial charge is 0.497 e. The van der Waals surface area contributed by atoms with Crippen LogP contribution in [0.5, 0.6) is 5.75 Å². The molecule has 0 aliphatic heterocycles. The summed E-state index contributed by atoms with van der Waals surface area (Å²) in [5.41, 5.74) is -0.293. The fourth-order valence-electron chi connectivity index (χ4n) is 4.54. The number of hydrogen-bond donors (Lipinski definition) is 1. The number of halogens is 4. The van der Waals surface area contributed by atoms with Gasteiger partial charge in [0, 0.05) is 12.6 Å². The van der Waals surface area contributed by atoms with E-state index in [4.69, 9.17) is 16.3 Å². The lowest BCUT2D eigenvalue weighted by atomic mass is 10.1. The maximum absolute atomic E-state index is 14.2. The summed E-state index contributed by atoms with van der Waals surface area (Å²) in [6, 6.07) is 13.9. The number of hydrogen-bond acceptors (Lipinski definition) is 5. The predicted molar refractivity (Wildman–Crippen MR) is 168 cm³/mol. The number of nitrogens with zero attached hydrogens (tertiary/aromatic N) is 2. The van der Waals surface area contributed by atoms with E-state index in [0.717, 1.165) is 17.7 Å². The first-order valence-corrected chi connectivity index (χ1v) is 16.1. The summed E-state index contributed by atoms with van der Waals surface area (Å²) >= 11 is 5.83. The van der Waals surface area contributed by atoms with Gasteiger partial charge in [0.1, 0.15) is 18.3 Å². The molecule has 0 spiro atoms. The fraction of sp³-hybridized carbons (Fsp3) is 0.375. The highest BCUT2D eigenvalue weighted by Crippen LogP contribution is 2.38. The first-order chi connectivity index (χ1) is 21.1. The van der Waals surface area contributed by atoms with Crippen molar-refractivity contribution in [2.24, 2.45) is 0 Å². The van der Waals surface area contributed by atoms with Crippen molar-refractivity contribution in [3.05, 3.63) is 88.4 Å². The number of methoxy groups -OCH3 is 1. The van der Waals surface area contributed by atoms with Gasteiger partial charge in [0.15, 0.2) is 0 Å². The van der Waals surface area contributed by atoms with Crippen LogP contribution in [-0.2, 0) is 32.3 Å². The molecule has 0 aliphatic carbocycles. The zero-order valence-corrected chi connectivity index (χ0v) is 27.3. The first kappa shape index (κ1) is 35.7. The molecule has 0 radical (unpaired) electrons. The van der Waals surface area contributed by atoms with Gasteiger partial charge in [-0.1, -0.05) is 55.3 Å². The molecule has 0 unspecified atom stereocenters. The number of benzene rings is 3. The van der Waals surface area contributed by atoms with Gasteiger partial charge in [-0.15, -0.1) is 0 Å². The van der Waals surface area contributed by atoms with E-state index >= 15 is 0 Å². The van der Waals surface area contributed by atoms with E-state index in [1.54, 1.807) is 38.1 Å². The average molecular weight is 668 g/mol. The summed E-state index contributed by atoms with van der Waals surface area (Å²) in [7, 11) is -3.07. The maximum Gasteiger partial charge on any atom is 0.417 e. The molecule has 2 amide bonds. The lowest BCUT2D eigenvalue weighted by Gasteiger charge is -2.34. The average Bonchev–Trinajstić information content (AvgIpc) is 2.99. The smallest absolute Gasteiger partial charge is 0.417 e. The molecule has 0 heterocycles. The number of carbonyl (C=O) groups is 2. The first-order valence-electron chi connectivity index (χ1n) is 14.3. The van der Waals surface area contributed by atoms with Crippen molar-refractivity contribution in [3.63, 3.8) is 0 Å². The van der Waals surface area contributed by atoms with Crippen molar-refractivity contribution >= 4 is 39.1 Å². The van der Waals surface area contributed by atoms with Gasteiger partial charge in [-0.2, -0.15) is 13.2 Å². The number of alkyl halides is 3. The van der Waals surface area contributed by atoms with E-state index < -0.39 is 56.9 Å². The quantitative estimate of drug-likeness (QED) is 0.222. The summed E-state index contributed by atoms with van der Waals surface area (Å²) in [6.07, 6.45) is -4.07. The van der Waals surface area contributed by atoms with E-state index in [9.17, 15) is 31.2 Å². The van der Waals surface area contributed by atoms with Crippen LogP contribution >= 0.6 is 11.6 Å². The Kier molecular flexibility index (Phi) is 11.9. The van der Waals surface area contributed by atoms with Crippen LogP contribution in [0.2, 0.25) is 5.02 Å². The van der Waals surface area contributed by atoms with Crippen molar-refractivity contribution in [1.29, 1.82) is 0 Å². The summed E-state index contributed by atoms with van der Waals surface area (Å²) in [5.74, 6) is -0.666. The standard InChI is InChI=1S/C32H37ClF3N3O5S/c1-6-22(4)37-31(41)29(7-2)38(19-23-10-13-25(44-5)14-11-23)30(40)20-39(45(42,43)26-15-8-21(3)9-16-26)24-12-17-28(33)27(18-24)32(34,35)36/h8-18,22,29H,6-7,19-20H2,1-5H3,(H,37,41)/t22-,29-/m1/s1. The molecule has 0 aliphatic rings. The Hall–Kier alpha value is -3.77. The second-order valence-electron chi connectivity index (χ2n) is 10.6. The SMILES string of the molecule is CC[C@@H](C)NC(=O)[C@@H](CC)N(Cc1ccc(OC)cc1)C(=O)CN(c1ccc(Cl)c(C(F)(F)F)c1)S(=O)(=O)c1ccc(C)cc1. The topological polar surface area (TPSA) is 96.0 Å². The van der Waals surface area contributed by atoms with E-state index in [-0.39, 0.29) is 23.9 Å². The minimum absolute atomic E-state index is 0.0813. The Labute approximate surface area is 267 Å². The molecule has 3 aromatic carbocycles. The molecule has 8 nitrogen and oxygen atoms in total. The number of sulfonamides is 1. The van der Waals surface area contributed by atoms with Crippen molar-refractivity contribution in [3.8, 4) is 5.75 Å². The Morgan fingerprint density at radius 1 is 0.978 bits per heavy atom. The molecule has 1 N–H and O–H groups in total. The summed E-state index contributed by atoms with van der Waals surface area (Å²) in [4.78, 5) is 28.6. The molecular formula is C32H37ClF3N3O5S. The van der Waals surface area contributed by atoms with Gasteiger partial charge < -0.3 is 15.0 Å². The second kappa shape index (κ2) is 15.0. The number of nitrogens with one attached hydrogen (secondary N) is 1. The normalized spacial score (nSPS) is 13.1. The molecule has 45 heavy (non-hydrogen) atoms. The predicted octanol–water partition coefficient (Wildman–Crippen LogP) is 6.59. The van der Waals surface area contributed by atoms with Crippen LogP contribution in [0, 0.1) is 6.92 Å². The summed E-state index contributed by atoms with van der Waals surface area (Å²) in [5, 5.41) is 2.25. The van der Waals surface area contributed by atoms with Crippen molar-refractivity contribution < 1.29 is 35.9 Å². The molecule has 2 atom stereocenters. The lowest BCUT2D eigenvalue weighted by molar-refractivity contribution is -0.140. The number of rotatable bonds is 13. The highest BCUT2D eigenvalue weighted by atomic mass is 35.5. The van der Waals surface area contributed by atoms with E-state index in [2.05, 4.69) is 5.32 Å². The van der Waals surface area contributed by atoms with Crippen molar-refractivity contribution in [2.45, 2.75) is 70.2 Å². The molecule has 3 rings (SSSR count). The molecule has 0 saturated carbocycles. The van der Waals surface area contributed by atoms with Crippen LogP contribution in [0.15, 0.2) is 71.6 Å². The molecule has 13 heteroatoms. The van der Waals surface area contributed by atoms with Crippen molar-refractivity contribution in [2.75, 3.05) is 18.0 Å². The van der Waals surface area contributed by atoms with E-state index in [0.29, 0.717) is 28.1 Å². The van der Waals surface area contributed by atoms with Gasteiger partial charge in [0.05, 0.1) is 28.3 Å². The van der Waals surface area contributed by atoms with Gasteiger partial charge in [0.2, 0.25) is 11.8 Å². The highest BCUT2D eigenvalue weighted by molar-refractivity contribution is 7.92. The third-order valence-corrected chi connectivity index (χ3v) is 9.45. The molecule has 244 valence electrons. The number of aryl methyl sites for hydroxylation is 1. The van der Waals surface area contributed by atoms with E-state index in [1.165, 1.54) is 36.3 Å². The molecule has 0 fully saturated rings. The Morgan fingerprint density at radius 3 is 2.13 bits per heavy atom. The highest BCUT2D eigenvalue weighted by Gasteiger charge is 2.37. The number of ether oxygens (including phenoxy) is 1. The third-order valence-electron chi connectivity index (χ3n) is 7.33. The Bertz CT molecular complexity index is 1580. The molecule has 3 aromatic rings. The van der Waals surface area contributed by atoms with Crippen LogP contribution in [-0.4, -0.2) is 50.9 Å². The summed E-state index contributed by atoms with van der Waals surface area (Å²) < 4.78 is 75.3. The second-order valence-corrected chi connectivity index (χ2v) is 12.9. The molecule has 0 bridgehead atoms. The van der Waals surface area contributed by atoms with Gasteiger partial charge in [-0.05, 0) is 74.7 Å². The zero-order chi connectivity index (χ0) is 33.5. The summed E-state index contributed by atoms with van der Waals surface area (Å²) in [6.45, 7) is 6.19. The lowest BCUT2D eigenvalue weighted by Crippen LogP contribution is -2.53. The van der Waals surface area contributed by atoms with Gasteiger partial charge in [-0.3, -0.25) is 13.9 Å². The van der Waals surface area contributed by atoms with Gasteiger partial charge >= 0.3 is 6.18 Å². The fourth-order valence-corrected chi connectivity index (χ4v) is 6.17. The minimum Gasteiger partial charge on any atom is -0.497 e. The van der Waals surface area contributed by atoms with Crippen LogP contribution in [0.25, 0.3) is 0 Å². The molecular weight excluding hydrogens is 631 g/mol. The Balaban J connectivity index is 2.14. The Morgan fingerprint density at radius 2 is 1.60 bits per heavy atom.